The lowest BCUT2D eigenvalue weighted by Gasteiger charge is -2.30. The van der Waals surface area contributed by atoms with Gasteiger partial charge in [-0.05, 0) is 73.2 Å². The normalized spacial score (nSPS) is 12.6. The maximum absolute atomic E-state index is 12.5. The molecule has 4 N–H and O–H groups in total. The molecule has 0 bridgehead atoms. The Kier molecular flexibility index (Phi) is 6.69. The van der Waals surface area contributed by atoms with Gasteiger partial charge in [0.15, 0.2) is 11.7 Å². The van der Waals surface area contributed by atoms with Gasteiger partial charge < -0.3 is 20.5 Å². The first kappa shape index (κ1) is 22.7. The summed E-state index contributed by atoms with van der Waals surface area (Å²) in [6.45, 7) is 1.80. The Bertz CT molecular complexity index is 1260. The van der Waals surface area contributed by atoms with Crippen molar-refractivity contribution in [2.24, 2.45) is 5.10 Å². The molecule has 0 radical (unpaired) electrons. The largest absolute Gasteiger partial charge is 0.508 e. The molecule has 1 heterocycles. The molecule has 9 nitrogen and oxygen atoms in total. The molecule has 0 fully saturated rings. The number of benzene rings is 3. The molecule has 3 aromatic carbocycles. The third-order valence-corrected chi connectivity index (χ3v) is 5.12. The van der Waals surface area contributed by atoms with Crippen molar-refractivity contribution in [3.05, 3.63) is 77.9 Å². The van der Waals surface area contributed by atoms with E-state index in [1.54, 1.807) is 30.3 Å². The molecule has 34 heavy (non-hydrogen) atoms. The molecule has 1 aliphatic rings. The van der Waals surface area contributed by atoms with Crippen LogP contribution in [0.2, 0.25) is 0 Å². The second kappa shape index (κ2) is 10.0. The number of thiocarbonyl (C=S) groups is 1. The fraction of sp³-hybridized carbons (Fsp3) is 0.0833. The Labute approximate surface area is 201 Å². The van der Waals surface area contributed by atoms with Crippen molar-refractivity contribution in [2.45, 2.75) is 6.92 Å². The summed E-state index contributed by atoms with van der Waals surface area (Å²) in [5, 5.41) is 19.1. The summed E-state index contributed by atoms with van der Waals surface area (Å²) in [4.78, 5) is 26.1. The summed E-state index contributed by atoms with van der Waals surface area (Å²) >= 11 is 5.47. The summed E-state index contributed by atoms with van der Waals surface area (Å²) < 4.78 is 5.55. The molecule has 0 atom stereocenters. The number of carbonyl (C=O) groups excluding carboxylic acids is 2. The first-order chi connectivity index (χ1) is 16.4. The van der Waals surface area contributed by atoms with Crippen LogP contribution < -0.4 is 25.7 Å². The van der Waals surface area contributed by atoms with Crippen LogP contribution in [0.4, 0.5) is 21.9 Å². The number of rotatable bonds is 4. The van der Waals surface area contributed by atoms with E-state index in [4.69, 9.17) is 17.0 Å². The topological polar surface area (TPSA) is 115 Å². The molecule has 10 heteroatoms. The van der Waals surface area contributed by atoms with Gasteiger partial charge in [-0.3, -0.25) is 9.69 Å². The molecule has 1 aliphatic heterocycles. The number of nitrogens with one attached hydrogen (secondary N) is 3. The van der Waals surface area contributed by atoms with Crippen LogP contribution in [-0.2, 0) is 4.79 Å². The maximum atomic E-state index is 12.5. The van der Waals surface area contributed by atoms with Gasteiger partial charge in [-0.2, -0.15) is 5.10 Å². The average Bonchev–Trinajstić information content (AvgIpc) is 2.82. The lowest BCUT2D eigenvalue weighted by atomic mass is 10.2. The molecule has 0 unspecified atom stereocenters. The molecule has 0 aliphatic carbocycles. The number of aryl methyl sites for hydroxylation is 1. The number of hydrogen-bond donors (Lipinski definition) is 4. The monoisotopic (exact) mass is 475 g/mol. The highest BCUT2D eigenvalue weighted by molar-refractivity contribution is 7.80. The van der Waals surface area contributed by atoms with Crippen LogP contribution in [0.5, 0.6) is 11.5 Å². The van der Waals surface area contributed by atoms with Crippen molar-refractivity contribution in [2.75, 3.05) is 22.1 Å². The first-order valence-electron chi connectivity index (χ1n) is 10.3. The Morgan fingerprint density at radius 1 is 1.06 bits per heavy atom. The van der Waals surface area contributed by atoms with Crippen LogP contribution in [0.15, 0.2) is 71.8 Å². The number of ether oxygens (including phenoxy) is 1. The fourth-order valence-corrected chi connectivity index (χ4v) is 3.47. The number of nitrogens with zero attached hydrogens (tertiary/aromatic N) is 2. The number of anilines is 3. The Morgan fingerprint density at radius 3 is 2.50 bits per heavy atom. The van der Waals surface area contributed by atoms with E-state index in [-0.39, 0.29) is 23.4 Å². The molecule has 0 saturated carbocycles. The molecule has 0 aromatic heterocycles. The number of carbonyl (C=O) groups is 2. The fourth-order valence-electron chi connectivity index (χ4n) is 3.15. The molecule has 0 spiro atoms. The van der Waals surface area contributed by atoms with Gasteiger partial charge in [0.2, 0.25) is 0 Å². The number of phenols is 1. The highest BCUT2D eigenvalue weighted by atomic mass is 32.1. The van der Waals surface area contributed by atoms with E-state index < -0.39 is 6.03 Å². The predicted molar refractivity (Wildman–Crippen MR) is 135 cm³/mol. The highest BCUT2D eigenvalue weighted by Crippen LogP contribution is 2.35. The lowest BCUT2D eigenvalue weighted by Crippen LogP contribution is -2.45. The summed E-state index contributed by atoms with van der Waals surface area (Å²) in [6, 6.07) is 18.3. The van der Waals surface area contributed by atoms with Gasteiger partial charge in [-0.1, -0.05) is 17.7 Å². The smallest absolute Gasteiger partial charge is 0.339 e. The summed E-state index contributed by atoms with van der Waals surface area (Å²) in [7, 11) is 0. The number of phenolic OH excluding ortho intramolecular Hbond substituents is 1. The SMILES string of the molecule is Cc1ccc(NC(=S)N2C(=O)COc3cc(NC(=O)N/N=C/c4ccc(O)cc4)ccc32)cc1. The van der Waals surface area contributed by atoms with Crippen molar-refractivity contribution in [3.8, 4) is 11.5 Å². The minimum Gasteiger partial charge on any atom is -0.508 e. The van der Waals surface area contributed by atoms with Crippen molar-refractivity contribution >= 4 is 52.5 Å². The number of fused-ring (bicyclic) bond motifs is 1. The molecule has 3 amide bonds. The zero-order chi connectivity index (χ0) is 24.1. The molecule has 0 saturated heterocycles. The minimum absolute atomic E-state index is 0.143. The summed E-state index contributed by atoms with van der Waals surface area (Å²) in [5.74, 6) is 0.238. The van der Waals surface area contributed by atoms with Gasteiger partial charge in [0.05, 0.1) is 11.9 Å². The van der Waals surface area contributed by atoms with Crippen LogP contribution in [0.3, 0.4) is 0 Å². The van der Waals surface area contributed by atoms with Crippen LogP contribution in [-0.4, -0.2) is 35.0 Å². The zero-order valence-electron chi connectivity index (χ0n) is 18.1. The molecule has 172 valence electrons. The molecule has 4 rings (SSSR count). The van der Waals surface area contributed by atoms with Crippen molar-refractivity contribution in [1.29, 1.82) is 0 Å². The van der Waals surface area contributed by atoms with Crippen molar-refractivity contribution in [1.82, 2.24) is 5.43 Å². The number of amides is 3. The Hall–Kier alpha value is -4.44. The molecule has 3 aromatic rings. The lowest BCUT2D eigenvalue weighted by molar-refractivity contribution is -0.120. The van der Waals surface area contributed by atoms with E-state index >= 15 is 0 Å². The van der Waals surface area contributed by atoms with Gasteiger partial charge in [0, 0.05) is 17.4 Å². The van der Waals surface area contributed by atoms with E-state index in [1.807, 2.05) is 31.2 Å². The van der Waals surface area contributed by atoms with E-state index in [1.165, 1.54) is 23.2 Å². The first-order valence-corrected chi connectivity index (χ1v) is 10.7. The summed E-state index contributed by atoms with van der Waals surface area (Å²) in [6.07, 6.45) is 1.44. The highest BCUT2D eigenvalue weighted by Gasteiger charge is 2.29. The standard InChI is InChI=1S/C24H21N5O4S/c1-15-2-6-17(7-3-15)27-24(34)29-20-11-8-18(12-21(20)33-14-22(29)31)26-23(32)28-25-13-16-4-9-19(30)10-5-16/h2-13,30H,14H2,1H3,(H,27,34)(H2,26,28,32)/b25-13+. The minimum atomic E-state index is -0.560. The number of aromatic hydroxyl groups is 1. The molecular weight excluding hydrogens is 454 g/mol. The quantitative estimate of drug-likeness (QED) is 0.258. The average molecular weight is 476 g/mol. The van der Waals surface area contributed by atoms with Crippen LogP contribution in [0.1, 0.15) is 11.1 Å². The zero-order valence-corrected chi connectivity index (χ0v) is 18.9. The molecular formula is C24H21N5O4S. The van der Waals surface area contributed by atoms with Gasteiger partial charge in [-0.25, -0.2) is 10.2 Å². The van der Waals surface area contributed by atoms with E-state index in [9.17, 15) is 14.7 Å². The second-order valence-electron chi connectivity index (χ2n) is 7.41. The van der Waals surface area contributed by atoms with Crippen LogP contribution in [0.25, 0.3) is 0 Å². The number of urea groups is 1. The second-order valence-corrected chi connectivity index (χ2v) is 7.80. The van der Waals surface area contributed by atoms with Crippen molar-refractivity contribution < 1.29 is 19.4 Å². The van der Waals surface area contributed by atoms with Crippen molar-refractivity contribution in [3.63, 3.8) is 0 Å². The Balaban J connectivity index is 1.41. The van der Waals surface area contributed by atoms with E-state index in [0.29, 0.717) is 22.7 Å². The van der Waals surface area contributed by atoms with Gasteiger partial charge in [0.25, 0.3) is 5.91 Å². The number of hydrogen-bond acceptors (Lipinski definition) is 6. The maximum Gasteiger partial charge on any atom is 0.339 e. The third-order valence-electron chi connectivity index (χ3n) is 4.84. The van der Waals surface area contributed by atoms with Gasteiger partial charge in [-0.15, -0.1) is 0 Å². The summed E-state index contributed by atoms with van der Waals surface area (Å²) in [5.41, 5.74) is 5.86. The van der Waals surface area contributed by atoms with Gasteiger partial charge >= 0.3 is 6.03 Å². The number of hydrazone groups is 1. The van der Waals surface area contributed by atoms with E-state index in [0.717, 1.165) is 11.3 Å². The van der Waals surface area contributed by atoms with Crippen LogP contribution in [0, 0.1) is 6.92 Å². The predicted octanol–water partition coefficient (Wildman–Crippen LogP) is 3.98. The Morgan fingerprint density at radius 2 is 1.76 bits per heavy atom. The van der Waals surface area contributed by atoms with Crippen LogP contribution >= 0.6 is 12.2 Å². The van der Waals surface area contributed by atoms with E-state index in [2.05, 4.69) is 21.2 Å². The van der Waals surface area contributed by atoms with Gasteiger partial charge in [0.1, 0.15) is 11.5 Å². The third kappa shape index (κ3) is 5.48.